The highest BCUT2D eigenvalue weighted by Crippen LogP contribution is 2.11. The average Bonchev–Trinajstić information content (AvgIpc) is 2.46. The van der Waals surface area contributed by atoms with Crippen molar-refractivity contribution in [3.63, 3.8) is 0 Å². The van der Waals surface area contributed by atoms with Gasteiger partial charge in [-0.3, -0.25) is 4.79 Å². The zero-order chi connectivity index (χ0) is 13.7. The molecule has 102 valence electrons. The van der Waals surface area contributed by atoms with Crippen LogP contribution in [-0.2, 0) is 20.7 Å². The van der Waals surface area contributed by atoms with E-state index in [1.165, 1.54) is 4.90 Å². The molecule has 1 aliphatic heterocycles. The number of ether oxygens (including phenoxy) is 1. The molecule has 1 N–H and O–H groups in total. The van der Waals surface area contributed by atoms with Crippen LogP contribution in [0, 0.1) is 0 Å². The lowest BCUT2D eigenvalue weighted by Gasteiger charge is -2.32. The molecule has 0 radical (unpaired) electrons. The number of rotatable bonds is 4. The van der Waals surface area contributed by atoms with Crippen LogP contribution in [0.25, 0.3) is 0 Å². The topological polar surface area (TPSA) is 66.8 Å². The van der Waals surface area contributed by atoms with E-state index in [2.05, 4.69) is 0 Å². The number of morpholine rings is 1. The molecule has 1 aromatic rings. The number of nitrogens with zero attached hydrogens (tertiary/aromatic N) is 1. The van der Waals surface area contributed by atoms with Crippen LogP contribution in [0.4, 0.5) is 0 Å². The van der Waals surface area contributed by atoms with Crippen LogP contribution in [0.3, 0.4) is 0 Å². The SMILES string of the molecule is O=C(O)[C@@H]1COCCN1C(=O)CCc1ccccc1. The van der Waals surface area contributed by atoms with Crippen molar-refractivity contribution in [1.29, 1.82) is 0 Å². The number of aryl methyl sites for hydroxylation is 1. The second kappa shape index (κ2) is 6.33. The van der Waals surface area contributed by atoms with Gasteiger partial charge in [0.05, 0.1) is 13.2 Å². The standard InChI is InChI=1S/C14H17NO4/c16-13(7-6-11-4-2-1-3-5-11)15-8-9-19-10-12(15)14(17)18/h1-5,12H,6-10H2,(H,17,18)/t12-/m0/s1. The summed E-state index contributed by atoms with van der Waals surface area (Å²) in [5.74, 6) is -1.13. The number of hydrogen-bond donors (Lipinski definition) is 1. The molecular weight excluding hydrogens is 246 g/mol. The second-order valence-electron chi connectivity index (χ2n) is 4.50. The van der Waals surface area contributed by atoms with E-state index in [-0.39, 0.29) is 12.5 Å². The predicted octanol–water partition coefficient (Wildman–Crippen LogP) is 0.931. The van der Waals surface area contributed by atoms with E-state index in [4.69, 9.17) is 9.84 Å². The molecule has 19 heavy (non-hydrogen) atoms. The van der Waals surface area contributed by atoms with E-state index in [1.807, 2.05) is 30.3 Å². The van der Waals surface area contributed by atoms with Crippen molar-refractivity contribution < 1.29 is 19.4 Å². The van der Waals surface area contributed by atoms with E-state index in [0.717, 1.165) is 5.56 Å². The van der Waals surface area contributed by atoms with Crippen molar-refractivity contribution >= 4 is 11.9 Å². The predicted molar refractivity (Wildman–Crippen MR) is 68.7 cm³/mol. The van der Waals surface area contributed by atoms with Crippen LogP contribution in [0.15, 0.2) is 30.3 Å². The Bertz CT molecular complexity index is 446. The highest BCUT2D eigenvalue weighted by Gasteiger charge is 2.32. The molecule has 0 aliphatic carbocycles. The summed E-state index contributed by atoms with van der Waals surface area (Å²) in [5.41, 5.74) is 1.08. The minimum atomic E-state index is -1.01. The van der Waals surface area contributed by atoms with Crippen LogP contribution in [0.5, 0.6) is 0 Å². The number of carboxylic acids is 1. The first-order chi connectivity index (χ1) is 9.18. The van der Waals surface area contributed by atoms with Crippen molar-refractivity contribution in [1.82, 2.24) is 4.90 Å². The minimum Gasteiger partial charge on any atom is -0.480 e. The molecule has 1 saturated heterocycles. The first kappa shape index (κ1) is 13.5. The van der Waals surface area contributed by atoms with Gasteiger partial charge in [0, 0.05) is 13.0 Å². The number of carboxylic acid groups (broad SMARTS) is 1. The third kappa shape index (κ3) is 3.54. The molecule has 0 aromatic heterocycles. The van der Waals surface area contributed by atoms with Crippen molar-refractivity contribution in [3.05, 3.63) is 35.9 Å². The van der Waals surface area contributed by atoms with Crippen LogP contribution in [0.1, 0.15) is 12.0 Å². The smallest absolute Gasteiger partial charge is 0.328 e. The van der Waals surface area contributed by atoms with Crippen LogP contribution in [0.2, 0.25) is 0 Å². The van der Waals surface area contributed by atoms with E-state index >= 15 is 0 Å². The van der Waals surface area contributed by atoms with Gasteiger partial charge >= 0.3 is 5.97 Å². The van der Waals surface area contributed by atoms with Crippen LogP contribution >= 0.6 is 0 Å². The van der Waals surface area contributed by atoms with Gasteiger partial charge in [0.2, 0.25) is 5.91 Å². The molecule has 1 aliphatic rings. The first-order valence-corrected chi connectivity index (χ1v) is 6.32. The molecule has 1 fully saturated rings. The average molecular weight is 263 g/mol. The summed E-state index contributed by atoms with van der Waals surface area (Å²) < 4.78 is 5.11. The third-order valence-electron chi connectivity index (χ3n) is 3.20. The van der Waals surface area contributed by atoms with E-state index < -0.39 is 12.0 Å². The van der Waals surface area contributed by atoms with Gasteiger partial charge in [-0.05, 0) is 12.0 Å². The maximum atomic E-state index is 12.1. The Kier molecular flexibility index (Phi) is 4.52. The van der Waals surface area contributed by atoms with Gasteiger partial charge in [0.15, 0.2) is 6.04 Å². The molecule has 1 aromatic carbocycles. The van der Waals surface area contributed by atoms with Gasteiger partial charge in [-0.2, -0.15) is 0 Å². The largest absolute Gasteiger partial charge is 0.480 e. The Morgan fingerprint density at radius 2 is 2.05 bits per heavy atom. The lowest BCUT2D eigenvalue weighted by molar-refractivity contribution is -0.158. The summed E-state index contributed by atoms with van der Waals surface area (Å²) in [7, 11) is 0. The second-order valence-corrected chi connectivity index (χ2v) is 4.50. The molecule has 0 unspecified atom stereocenters. The number of hydrogen-bond acceptors (Lipinski definition) is 3. The molecule has 2 rings (SSSR count). The molecular formula is C14H17NO4. The van der Waals surface area contributed by atoms with Gasteiger partial charge in [-0.1, -0.05) is 30.3 Å². The third-order valence-corrected chi connectivity index (χ3v) is 3.20. The summed E-state index contributed by atoms with van der Waals surface area (Å²) in [5, 5.41) is 9.07. The van der Waals surface area contributed by atoms with Crippen LogP contribution in [-0.4, -0.2) is 47.7 Å². The summed E-state index contributed by atoms with van der Waals surface area (Å²) in [6.07, 6.45) is 0.956. The van der Waals surface area contributed by atoms with Gasteiger partial charge in [0.25, 0.3) is 0 Å². The first-order valence-electron chi connectivity index (χ1n) is 6.32. The fourth-order valence-corrected chi connectivity index (χ4v) is 2.15. The molecule has 1 heterocycles. The minimum absolute atomic E-state index is 0.0758. The van der Waals surface area contributed by atoms with E-state index in [1.54, 1.807) is 0 Å². The summed E-state index contributed by atoms with van der Waals surface area (Å²) >= 11 is 0. The van der Waals surface area contributed by atoms with Crippen molar-refractivity contribution in [2.24, 2.45) is 0 Å². The Hall–Kier alpha value is -1.88. The lowest BCUT2D eigenvalue weighted by Crippen LogP contribution is -2.52. The number of carbonyl (C=O) groups excluding carboxylic acids is 1. The van der Waals surface area contributed by atoms with Crippen LogP contribution < -0.4 is 0 Å². The Morgan fingerprint density at radius 1 is 1.32 bits per heavy atom. The molecule has 5 heteroatoms. The van der Waals surface area contributed by atoms with Gasteiger partial charge in [-0.25, -0.2) is 4.79 Å². The molecule has 1 amide bonds. The molecule has 0 bridgehead atoms. The quantitative estimate of drug-likeness (QED) is 0.877. The van der Waals surface area contributed by atoms with Gasteiger partial charge in [-0.15, -0.1) is 0 Å². The number of benzene rings is 1. The number of aliphatic carboxylic acids is 1. The van der Waals surface area contributed by atoms with Gasteiger partial charge in [0.1, 0.15) is 0 Å². The maximum absolute atomic E-state index is 12.1. The number of amides is 1. The fraction of sp³-hybridized carbons (Fsp3) is 0.429. The molecule has 0 spiro atoms. The Balaban J connectivity index is 1.93. The molecule has 5 nitrogen and oxygen atoms in total. The highest BCUT2D eigenvalue weighted by molar-refractivity contribution is 5.84. The number of carbonyl (C=O) groups is 2. The lowest BCUT2D eigenvalue weighted by atomic mass is 10.1. The zero-order valence-electron chi connectivity index (χ0n) is 10.6. The Morgan fingerprint density at radius 3 is 2.74 bits per heavy atom. The summed E-state index contributed by atoms with van der Waals surface area (Å²) in [6, 6.07) is 8.84. The summed E-state index contributed by atoms with van der Waals surface area (Å²) in [4.78, 5) is 24.6. The summed E-state index contributed by atoms with van der Waals surface area (Å²) in [6.45, 7) is 0.831. The van der Waals surface area contributed by atoms with Crippen molar-refractivity contribution in [2.45, 2.75) is 18.9 Å². The normalized spacial score (nSPS) is 19.2. The molecule has 1 atom stereocenters. The fourth-order valence-electron chi connectivity index (χ4n) is 2.15. The monoisotopic (exact) mass is 263 g/mol. The maximum Gasteiger partial charge on any atom is 0.328 e. The van der Waals surface area contributed by atoms with Crippen molar-refractivity contribution in [2.75, 3.05) is 19.8 Å². The van der Waals surface area contributed by atoms with Gasteiger partial charge < -0.3 is 14.7 Å². The van der Waals surface area contributed by atoms with E-state index in [9.17, 15) is 9.59 Å². The zero-order valence-corrected chi connectivity index (χ0v) is 10.6. The molecule has 0 saturated carbocycles. The van der Waals surface area contributed by atoms with Crippen molar-refractivity contribution in [3.8, 4) is 0 Å². The highest BCUT2D eigenvalue weighted by atomic mass is 16.5. The Labute approximate surface area is 111 Å². The van der Waals surface area contributed by atoms with E-state index in [0.29, 0.717) is 26.0 Å².